The van der Waals surface area contributed by atoms with Gasteiger partial charge >= 0.3 is 0 Å². The molecular weight excluding hydrogens is 356 g/mol. The first kappa shape index (κ1) is 18.4. The predicted octanol–water partition coefficient (Wildman–Crippen LogP) is 3.13. The van der Waals surface area contributed by atoms with Gasteiger partial charge in [-0.1, -0.05) is 15.9 Å². The van der Waals surface area contributed by atoms with Crippen molar-refractivity contribution in [3.63, 3.8) is 0 Å². The predicted molar refractivity (Wildman–Crippen MR) is 91.2 cm³/mol. The summed E-state index contributed by atoms with van der Waals surface area (Å²) in [6.07, 6.45) is 1.62. The lowest BCUT2D eigenvalue weighted by Crippen LogP contribution is -2.47. The number of anilines is 1. The number of carbonyl (C=O) groups excluding carboxylic acids is 1. The molecule has 2 rings (SSSR count). The monoisotopic (exact) mass is 376 g/mol. The van der Waals surface area contributed by atoms with E-state index in [2.05, 4.69) is 26.6 Å². The zero-order valence-electron chi connectivity index (χ0n) is 12.4. The Morgan fingerprint density at radius 3 is 2.67 bits per heavy atom. The van der Waals surface area contributed by atoms with Crippen LogP contribution in [-0.4, -0.2) is 32.7 Å². The second kappa shape index (κ2) is 8.13. The van der Waals surface area contributed by atoms with Crippen LogP contribution in [0.5, 0.6) is 0 Å². The van der Waals surface area contributed by atoms with Crippen molar-refractivity contribution in [3.05, 3.63) is 28.2 Å². The fraction of sp³-hybridized carbons (Fsp3) is 0.533. The molecule has 4 nitrogen and oxygen atoms in total. The summed E-state index contributed by atoms with van der Waals surface area (Å²) < 4.78 is 6.31. The molecule has 1 amide bonds. The average molecular weight is 378 g/mol. The highest BCUT2D eigenvalue weighted by Crippen LogP contribution is 2.31. The van der Waals surface area contributed by atoms with E-state index in [9.17, 15) is 4.79 Å². The Balaban J connectivity index is 0.00000220. The number of hydrogen-bond acceptors (Lipinski definition) is 3. The molecular formula is C15H22BrClN2O2. The second-order valence-electron chi connectivity index (χ2n) is 5.38. The molecule has 0 aromatic heterocycles. The molecule has 0 aliphatic carbocycles. The summed E-state index contributed by atoms with van der Waals surface area (Å²) in [7, 11) is 1.65. The number of piperidine rings is 1. The molecule has 1 aromatic carbocycles. The number of carbonyl (C=O) groups is 1. The number of nitrogens with one attached hydrogen (secondary N) is 2. The first-order valence-electron chi connectivity index (χ1n) is 6.85. The molecule has 1 fully saturated rings. The molecule has 21 heavy (non-hydrogen) atoms. The maximum Gasteiger partial charge on any atom is 0.233 e. The van der Waals surface area contributed by atoms with E-state index in [0.717, 1.165) is 41.7 Å². The third-order valence-electron chi connectivity index (χ3n) is 3.90. The van der Waals surface area contributed by atoms with Crippen LogP contribution in [0.1, 0.15) is 18.4 Å². The Bertz CT molecular complexity index is 485. The van der Waals surface area contributed by atoms with Crippen LogP contribution in [0.2, 0.25) is 0 Å². The van der Waals surface area contributed by atoms with Crippen LogP contribution < -0.4 is 10.6 Å². The number of amides is 1. The molecule has 0 spiro atoms. The number of methoxy groups -OCH3 is 1. The average Bonchev–Trinajstić information content (AvgIpc) is 2.43. The third kappa shape index (κ3) is 4.42. The van der Waals surface area contributed by atoms with Crippen LogP contribution >= 0.6 is 28.3 Å². The number of benzene rings is 1. The van der Waals surface area contributed by atoms with Crippen molar-refractivity contribution in [2.45, 2.75) is 19.8 Å². The van der Waals surface area contributed by atoms with Crippen molar-refractivity contribution < 1.29 is 9.53 Å². The standard InChI is InChI=1S/C15H21BrN2O2.ClH/c1-11-9-12(16)3-4-13(11)18-14(19)15(10-20-2)5-7-17-8-6-15;/h3-4,9,17H,5-8,10H2,1-2H3,(H,18,19);1H. The molecule has 2 N–H and O–H groups in total. The Morgan fingerprint density at radius 1 is 1.43 bits per heavy atom. The molecule has 1 aliphatic rings. The van der Waals surface area contributed by atoms with Gasteiger partial charge in [0.2, 0.25) is 5.91 Å². The van der Waals surface area contributed by atoms with Gasteiger partial charge in [0.15, 0.2) is 0 Å². The summed E-state index contributed by atoms with van der Waals surface area (Å²) in [4.78, 5) is 12.7. The number of ether oxygens (including phenoxy) is 1. The SMILES string of the molecule is COCC1(C(=O)Nc2ccc(Br)cc2C)CCNCC1.Cl. The minimum atomic E-state index is -0.417. The lowest BCUT2D eigenvalue weighted by Gasteiger charge is -2.35. The van der Waals surface area contributed by atoms with Gasteiger partial charge in [-0.2, -0.15) is 0 Å². The maximum absolute atomic E-state index is 12.7. The van der Waals surface area contributed by atoms with Crippen molar-refractivity contribution in [1.82, 2.24) is 5.32 Å². The number of hydrogen-bond donors (Lipinski definition) is 2. The Labute approximate surface area is 140 Å². The molecule has 1 saturated heterocycles. The lowest BCUT2D eigenvalue weighted by atomic mass is 9.78. The zero-order chi connectivity index (χ0) is 14.6. The van der Waals surface area contributed by atoms with Crippen LogP contribution in [0.25, 0.3) is 0 Å². The maximum atomic E-state index is 12.7. The molecule has 0 unspecified atom stereocenters. The summed E-state index contributed by atoms with van der Waals surface area (Å²) in [5.74, 6) is 0.0614. The minimum absolute atomic E-state index is 0. The first-order valence-corrected chi connectivity index (χ1v) is 7.64. The van der Waals surface area contributed by atoms with Crippen molar-refractivity contribution >= 4 is 39.9 Å². The van der Waals surface area contributed by atoms with Gasteiger partial charge in [0.1, 0.15) is 0 Å². The summed E-state index contributed by atoms with van der Waals surface area (Å²) in [6.45, 7) is 4.17. The van der Waals surface area contributed by atoms with Gasteiger partial charge in [0, 0.05) is 17.3 Å². The third-order valence-corrected chi connectivity index (χ3v) is 4.39. The van der Waals surface area contributed by atoms with Crippen LogP contribution in [0.15, 0.2) is 22.7 Å². The normalized spacial score (nSPS) is 16.9. The summed E-state index contributed by atoms with van der Waals surface area (Å²) >= 11 is 3.43. The molecule has 6 heteroatoms. The van der Waals surface area contributed by atoms with E-state index < -0.39 is 5.41 Å². The van der Waals surface area contributed by atoms with Gasteiger partial charge in [-0.3, -0.25) is 4.79 Å². The number of aryl methyl sites for hydroxylation is 1. The summed E-state index contributed by atoms with van der Waals surface area (Å²) in [5.41, 5.74) is 1.50. The van der Waals surface area contributed by atoms with E-state index in [-0.39, 0.29) is 18.3 Å². The molecule has 0 bridgehead atoms. The fourth-order valence-corrected chi connectivity index (χ4v) is 3.12. The van der Waals surface area contributed by atoms with Gasteiger partial charge in [0.05, 0.1) is 12.0 Å². The van der Waals surface area contributed by atoms with Crippen molar-refractivity contribution in [2.24, 2.45) is 5.41 Å². The van der Waals surface area contributed by atoms with Crippen LogP contribution in [0.4, 0.5) is 5.69 Å². The van der Waals surface area contributed by atoms with Gasteiger partial charge in [-0.15, -0.1) is 12.4 Å². The highest BCUT2D eigenvalue weighted by atomic mass is 79.9. The molecule has 0 radical (unpaired) electrons. The van der Waals surface area contributed by atoms with Crippen molar-refractivity contribution in [2.75, 3.05) is 32.1 Å². The fourth-order valence-electron chi connectivity index (χ4n) is 2.64. The highest BCUT2D eigenvalue weighted by molar-refractivity contribution is 9.10. The summed E-state index contributed by atoms with van der Waals surface area (Å²) in [6, 6.07) is 5.87. The first-order chi connectivity index (χ1) is 9.57. The van der Waals surface area contributed by atoms with E-state index in [4.69, 9.17) is 4.74 Å². The quantitative estimate of drug-likeness (QED) is 0.847. The van der Waals surface area contributed by atoms with Gasteiger partial charge in [0.25, 0.3) is 0 Å². The molecule has 118 valence electrons. The number of rotatable bonds is 4. The van der Waals surface area contributed by atoms with E-state index in [0.29, 0.717) is 6.61 Å². The topological polar surface area (TPSA) is 50.4 Å². The lowest BCUT2D eigenvalue weighted by molar-refractivity contribution is -0.130. The van der Waals surface area contributed by atoms with Crippen molar-refractivity contribution in [1.29, 1.82) is 0 Å². The van der Waals surface area contributed by atoms with Crippen molar-refractivity contribution in [3.8, 4) is 0 Å². The molecule has 1 heterocycles. The van der Waals surface area contributed by atoms with E-state index >= 15 is 0 Å². The Morgan fingerprint density at radius 2 is 2.10 bits per heavy atom. The molecule has 0 atom stereocenters. The molecule has 1 aliphatic heterocycles. The Kier molecular flexibility index (Phi) is 7.13. The van der Waals surface area contributed by atoms with Gasteiger partial charge < -0.3 is 15.4 Å². The zero-order valence-corrected chi connectivity index (χ0v) is 14.8. The van der Waals surface area contributed by atoms with Gasteiger partial charge in [-0.25, -0.2) is 0 Å². The smallest absolute Gasteiger partial charge is 0.233 e. The summed E-state index contributed by atoms with van der Waals surface area (Å²) in [5, 5.41) is 6.36. The Hall–Kier alpha value is -0.620. The number of halogens is 2. The van der Waals surface area contributed by atoms with E-state index in [1.807, 2.05) is 25.1 Å². The molecule has 0 saturated carbocycles. The van der Waals surface area contributed by atoms with E-state index in [1.165, 1.54) is 0 Å². The van der Waals surface area contributed by atoms with Gasteiger partial charge in [-0.05, 0) is 56.6 Å². The second-order valence-corrected chi connectivity index (χ2v) is 6.29. The minimum Gasteiger partial charge on any atom is -0.384 e. The highest BCUT2D eigenvalue weighted by Gasteiger charge is 2.39. The largest absolute Gasteiger partial charge is 0.384 e. The van der Waals surface area contributed by atoms with E-state index in [1.54, 1.807) is 7.11 Å². The molecule has 1 aromatic rings. The van der Waals surface area contributed by atoms with Crippen LogP contribution in [0.3, 0.4) is 0 Å². The van der Waals surface area contributed by atoms with Crippen LogP contribution in [-0.2, 0) is 9.53 Å². The van der Waals surface area contributed by atoms with Crippen LogP contribution in [0, 0.1) is 12.3 Å².